The maximum Gasteiger partial charge on any atom is 0.330 e. The van der Waals surface area contributed by atoms with E-state index in [1.807, 2.05) is 37.3 Å². The van der Waals surface area contributed by atoms with Crippen LogP contribution in [0.3, 0.4) is 0 Å². The fourth-order valence-corrected chi connectivity index (χ4v) is 1.96. The van der Waals surface area contributed by atoms with E-state index in [0.717, 1.165) is 18.4 Å². The first-order valence-electron chi connectivity index (χ1n) is 8.22. The van der Waals surface area contributed by atoms with Crippen molar-refractivity contribution in [3.63, 3.8) is 0 Å². The normalized spacial score (nSPS) is 11.6. The van der Waals surface area contributed by atoms with E-state index in [-0.39, 0.29) is 25.9 Å². The summed E-state index contributed by atoms with van der Waals surface area (Å²) < 4.78 is 9.76. The number of rotatable bonds is 10. The number of unbranched alkanes of at least 4 members (excludes halogenated alkanes) is 2. The molecule has 1 unspecified atom stereocenters. The molecule has 0 heterocycles. The van der Waals surface area contributed by atoms with Gasteiger partial charge in [0.15, 0.2) is 0 Å². The highest BCUT2D eigenvalue weighted by atomic mass is 16.6. The maximum absolute atomic E-state index is 11.7. The number of hydrogen-bond donors (Lipinski definition) is 1. The summed E-state index contributed by atoms with van der Waals surface area (Å²) in [6, 6.07) is 8.27. The van der Waals surface area contributed by atoms with Gasteiger partial charge in [-0.3, -0.25) is 9.59 Å². The minimum atomic E-state index is -1.01. The van der Waals surface area contributed by atoms with Crippen molar-refractivity contribution in [2.75, 3.05) is 0 Å². The highest BCUT2D eigenvalue weighted by molar-refractivity contribution is 5.88. The van der Waals surface area contributed by atoms with Gasteiger partial charge in [0.1, 0.15) is 12.6 Å². The second-order valence-electron chi connectivity index (χ2n) is 5.54. The maximum atomic E-state index is 11.7. The summed E-state index contributed by atoms with van der Waals surface area (Å²) in [5.74, 6) is -1.82. The molecule has 0 aliphatic rings. The molecule has 0 amide bonds. The molecule has 0 aliphatic carbocycles. The first-order valence-corrected chi connectivity index (χ1v) is 8.22. The average Bonchev–Trinajstić information content (AvgIpc) is 2.58. The molecule has 1 rings (SSSR count). The quantitative estimate of drug-likeness (QED) is 0.401. The third-order valence-electron chi connectivity index (χ3n) is 3.40. The zero-order valence-electron chi connectivity index (χ0n) is 14.0. The van der Waals surface area contributed by atoms with Gasteiger partial charge in [-0.05, 0) is 18.4 Å². The number of hydrogen-bond acceptors (Lipinski definition) is 6. The fourth-order valence-electron chi connectivity index (χ4n) is 1.96. The average molecular weight is 335 g/mol. The smallest absolute Gasteiger partial charge is 0.330 e. The Bertz CT molecular complexity index is 529. The van der Waals surface area contributed by atoms with Crippen molar-refractivity contribution in [3.8, 4) is 0 Å². The summed E-state index contributed by atoms with van der Waals surface area (Å²) in [7, 11) is 0. The Morgan fingerprint density at radius 3 is 2.42 bits per heavy atom. The highest BCUT2D eigenvalue weighted by Crippen LogP contribution is 2.06. The van der Waals surface area contributed by atoms with E-state index in [1.165, 1.54) is 0 Å². The fraction of sp³-hybridized carbons (Fsp3) is 0.500. The molecule has 0 spiro atoms. The molecule has 0 aromatic heterocycles. The van der Waals surface area contributed by atoms with Crippen molar-refractivity contribution in [1.82, 2.24) is 0 Å². The Morgan fingerprint density at radius 1 is 1.04 bits per heavy atom. The van der Waals surface area contributed by atoms with Gasteiger partial charge < -0.3 is 15.2 Å². The van der Waals surface area contributed by atoms with Crippen molar-refractivity contribution in [3.05, 3.63) is 35.9 Å². The highest BCUT2D eigenvalue weighted by Gasteiger charge is 2.20. The van der Waals surface area contributed by atoms with Crippen LogP contribution in [0.1, 0.15) is 51.0 Å². The van der Waals surface area contributed by atoms with E-state index in [1.54, 1.807) is 0 Å². The van der Waals surface area contributed by atoms with E-state index in [0.29, 0.717) is 6.42 Å². The molecule has 1 aromatic rings. The van der Waals surface area contributed by atoms with Crippen molar-refractivity contribution in [1.29, 1.82) is 0 Å². The van der Waals surface area contributed by atoms with Crippen molar-refractivity contribution in [2.45, 2.75) is 58.1 Å². The molecule has 0 aliphatic heterocycles. The predicted octanol–water partition coefficient (Wildman–Crippen LogP) is 2.49. The molecule has 24 heavy (non-hydrogen) atoms. The van der Waals surface area contributed by atoms with E-state index < -0.39 is 23.9 Å². The van der Waals surface area contributed by atoms with Crippen LogP contribution < -0.4 is 5.73 Å². The monoisotopic (exact) mass is 335 g/mol. The van der Waals surface area contributed by atoms with Crippen LogP contribution in [0.5, 0.6) is 0 Å². The van der Waals surface area contributed by atoms with Crippen LogP contribution in [0.4, 0.5) is 0 Å². The van der Waals surface area contributed by atoms with E-state index in [4.69, 9.17) is 10.5 Å². The molecule has 0 bridgehead atoms. The lowest BCUT2D eigenvalue weighted by Gasteiger charge is -2.10. The minimum absolute atomic E-state index is 0.00682. The molecule has 2 N–H and O–H groups in total. The van der Waals surface area contributed by atoms with Gasteiger partial charge in [-0.15, -0.1) is 0 Å². The second kappa shape index (κ2) is 11.3. The van der Waals surface area contributed by atoms with E-state index in [2.05, 4.69) is 4.74 Å². The molecule has 6 nitrogen and oxygen atoms in total. The standard InChI is InChI=1S/C18H25NO5/c1-2-3-5-10-17(21)24-18(22)15(19)11-12-16(20)23-13-14-8-6-4-7-9-14/h4,6-9,15H,2-3,5,10-13,19H2,1H3. The SMILES string of the molecule is CCCCCC(=O)OC(=O)C(N)CCC(=O)OCc1ccccc1. The van der Waals surface area contributed by atoms with E-state index in [9.17, 15) is 14.4 Å². The van der Waals surface area contributed by atoms with Gasteiger partial charge >= 0.3 is 17.9 Å². The predicted molar refractivity (Wildman–Crippen MR) is 88.7 cm³/mol. The van der Waals surface area contributed by atoms with Crippen LogP contribution in [0, 0.1) is 0 Å². The van der Waals surface area contributed by atoms with Crippen molar-refractivity contribution >= 4 is 17.9 Å². The van der Waals surface area contributed by atoms with Crippen LogP contribution >= 0.6 is 0 Å². The summed E-state index contributed by atoms with van der Waals surface area (Å²) >= 11 is 0. The molecule has 0 fully saturated rings. The van der Waals surface area contributed by atoms with Gasteiger partial charge in [-0.2, -0.15) is 0 Å². The molecule has 1 aromatic carbocycles. The summed E-state index contributed by atoms with van der Waals surface area (Å²) in [6.45, 7) is 2.19. The molecule has 1 atom stereocenters. The number of esters is 3. The number of ether oxygens (including phenoxy) is 2. The summed E-state index contributed by atoms with van der Waals surface area (Å²) in [5, 5.41) is 0. The molecule has 0 saturated carbocycles. The summed E-state index contributed by atoms with van der Waals surface area (Å²) in [6.07, 6.45) is 2.84. The Labute approximate surface area is 142 Å². The Balaban J connectivity index is 2.21. The lowest BCUT2D eigenvalue weighted by atomic mass is 10.1. The van der Waals surface area contributed by atoms with E-state index >= 15 is 0 Å². The molecule has 132 valence electrons. The number of carbonyl (C=O) groups is 3. The first-order chi connectivity index (χ1) is 11.5. The third-order valence-corrected chi connectivity index (χ3v) is 3.40. The molecule has 0 radical (unpaired) electrons. The van der Waals surface area contributed by atoms with Gasteiger partial charge in [0, 0.05) is 12.8 Å². The summed E-state index contributed by atoms with van der Waals surface area (Å²) in [4.78, 5) is 34.7. The second-order valence-corrected chi connectivity index (χ2v) is 5.54. The van der Waals surface area contributed by atoms with Crippen LogP contribution in [0.25, 0.3) is 0 Å². The molecular weight excluding hydrogens is 310 g/mol. The number of carbonyl (C=O) groups excluding carboxylic acids is 3. The topological polar surface area (TPSA) is 95.7 Å². The van der Waals surface area contributed by atoms with Crippen LogP contribution in [-0.2, 0) is 30.5 Å². The van der Waals surface area contributed by atoms with Crippen molar-refractivity contribution in [2.24, 2.45) is 5.73 Å². The van der Waals surface area contributed by atoms with Crippen LogP contribution in [0.15, 0.2) is 30.3 Å². The van der Waals surface area contributed by atoms with Gasteiger partial charge in [-0.1, -0.05) is 50.1 Å². The van der Waals surface area contributed by atoms with Crippen LogP contribution in [0.2, 0.25) is 0 Å². The number of nitrogens with two attached hydrogens (primary N) is 1. The van der Waals surface area contributed by atoms with Crippen molar-refractivity contribution < 1.29 is 23.9 Å². The van der Waals surface area contributed by atoms with Gasteiger partial charge in [-0.25, -0.2) is 4.79 Å². The minimum Gasteiger partial charge on any atom is -0.461 e. The zero-order valence-corrected chi connectivity index (χ0v) is 14.0. The van der Waals surface area contributed by atoms with Crippen LogP contribution in [-0.4, -0.2) is 23.9 Å². The summed E-state index contributed by atoms with van der Waals surface area (Å²) in [5.41, 5.74) is 6.52. The lowest BCUT2D eigenvalue weighted by Crippen LogP contribution is -2.34. The molecular formula is C18H25NO5. The Hall–Kier alpha value is -2.21. The lowest BCUT2D eigenvalue weighted by molar-refractivity contribution is -0.160. The van der Waals surface area contributed by atoms with Gasteiger partial charge in [0.2, 0.25) is 0 Å². The third kappa shape index (κ3) is 8.43. The molecule has 6 heteroatoms. The first kappa shape index (κ1) is 19.8. The number of benzene rings is 1. The van der Waals surface area contributed by atoms with Gasteiger partial charge in [0.05, 0.1) is 0 Å². The molecule has 0 saturated heterocycles. The Kier molecular flexibility index (Phi) is 9.38. The zero-order chi connectivity index (χ0) is 17.8. The largest absolute Gasteiger partial charge is 0.461 e. The Morgan fingerprint density at radius 2 is 1.75 bits per heavy atom. The van der Waals surface area contributed by atoms with Gasteiger partial charge in [0.25, 0.3) is 0 Å².